The van der Waals surface area contributed by atoms with Crippen LogP contribution in [0.15, 0.2) is 60.7 Å². The molecule has 4 heteroatoms. The number of hydrogen-bond acceptors (Lipinski definition) is 2. The number of hydrogen-bond donors (Lipinski definition) is 1. The number of benzene rings is 2. The third-order valence-corrected chi connectivity index (χ3v) is 4.82. The molecular formula is C17H21NO2S. The monoisotopic (exact) mass is 303 g/mol. The number of rotatable bonds is 7. The molecule has 0 radical (unpaired) electrons. The summed E-state index contributed by atoms with van der Waals surface area (Å²) >= 11 is 0. The zero-order chi connectivity index (χ0) is 15.1. The maximum Gasteiger partial charge on any atom is 0.215 e. The highest BCUT2D eigenvalue weighted by Gasteiger charge is 2.12. The SMILES string of the molecule is CC(CCNS(=O)(=O)Cc1ccccc1)c1ccccc1. The summed E-state index contributed by atoms with van der Waals surface area (Å²) in [5.41, 5.74) is 2.04. The van der Waals surface area contributed by atoms with E-state index in [9.17, 15) is 8.42 Å². The molecule has 0 aliphatic rings. The van der Waals surface area contributed by atoms with Gasteiger partial charge < -0.3 is 0 Å². The Morgan fingerprint density at radius 2 is 1.52 bits per heavy atom. The van der Waals surface area contributed by atoms with Crippen LogP contribution >= 0.6 is 0 Å². The fourth-order valence-corrected chi connectivity index (χ4v) is 3.39. The molecule has 0 bridgehead atoms. The minimum absolute atomic E-state index is 0.0353. The molecule has 0 heterocycles. The van der Waals surface area contributed by atoms with Crippen molar-refractivity contribution in [2.75, 3.05) is 6.54 Å². The molecule has 0 fully saturated rings. The van der Waals surface area contributed by atoms with Crippen molar-refractivity contribution in [1.82, 2.24) is 4.72 Å². The molecule has 2 aromatic carbocycles. The van der Waals surface area contributed by atoms with Gasteiger partial charge in [-0.25, -0.2) is 13.1 Å². The molecule has 0 aliphatic carbocycles. The molecule has 0 aromatic heterocycles. The molecule has 1 atom stereocenters. The summed E-state index contributed by atoms with van der Waals surface area (Å²) in [7, 11) is -3.26. The van der Waals surface area contributed by atoms with E-state index in [0.29, 0.717) is 12.5 Å². The van der Waals surface area contributed by atoms with Crippen LogP contribution in [0.4, 0.5) is 0 Å². The van der Waals surface area contributed by atoms with Crippen LogP contribution in [0.3, 0.4) is 0 Å². The standard InChI is InChI=1S/C17H21NO2S/c1-15(17-10-6-3-7-11-17)12-13-18-21(19,20)14-16-8-4-2-5-9-16/h2-11,15,18H,12-14H2,1H3. The van der Waals surface area contributed by atoms with E-state index in [1.807, 2.05) is 48.5 Å². The van der Waals surface area contributed by atoms with Gasteiger partial charge in [-0.3, -0.25) is 0 Å². The lowest BCUT2D eigenvalue weighted by Crippen LogP contribution is -2.26. The molecule has 0 amide bonds. The summed E-state index contributed by atoms with van der Waals surface area (Å²) in [5.74, 6) is 0.374. The van der Waals surface area contributed by atoms with E-state index in [0.717, 1.165) is 12.0 Å². The van der Waals surface area contributed by atoms with Crippen LogP contribution in [0.25, 0.3) is 0 Å². The minimum Gasteiger partial charge on any atom is -0.215 e. The van der Waals surface area contributed by atoms with Crippen LogP contribution < -0.4 is 4.72 Å². The fraction of sp³-hybridized carbons (Fsp3) is 0.294. The third-order valence-electron chi connectivity index (χ3n) is 3.47. The predicted molar refractivity (Wildman–Crippen MR) is 86.5 cm³/mol. The van der Waals surface area contributed by atoms with Crippen molar-refractivity contribution < 1.29 is 8.42 Å². The molecule has 1 unspecified atom stereocenters. The molecule has 2 aromatic rings. The van der Waals surface area contributed by atoms with Crippen LogP contribution in [0.2, 0.25) is 0 Å². The van der Waals surface area contributed by atoms with Crippen LogP contribution in [0.1, 0.15) is 30.4 Å². The Bertz CT molecular complexity index is 639. The molecule has 0 spiro atoms. The first-order valence-electron chi connectivity index (χ1n) is 7.13. The van der Waals surface area contributed by atoms with Gasteiger partial charge in [0.25, 0.3) is 0 Å². The quantitative estimate of drug-likeness (QED) is 0.853. The zero-order valence-electron chi connectivity index (χ0n) is 12.2. The maximum atomic E-state index is 12.0. The van der Waals surface area contributed by atoms with Crippen LogP contribution in [-0.2, 0) is 15.8 Å². The van der Waals surface area contributed by atoms with E-state index in [1.165, 1.54) is 5.56 Å². The molecule has 0 saturated heterocycles. The van der Waals surface area contributed by atoms with Gasteiger partial charge in [-0.1, -0.05) is 67.6 Å². The van der Waals surface area contributed by atoms with Crippen molar-refractivity contribution in [2.24, 2.45) is 0 Å². The van der Waals surface area contributed by atoms with Gasteiger partial charge in [0.15, 0.2) is 0 Å². The molecule has 21 heavy (non-hydrogen) atoms. The second-order valence-electron chi connectivity index (χ2n) is 5.24. The lowest BCUT2D eigenvalue weighted by Gasteiger charge is -2.12. The zero-order valence-corrected chi connectivity index (χ0v) is 13.0. The normalized spacial score (nSPS) is 13.0. The van der Waals surface area contributed by atoms with Crippen molar-refractivity contribution in [3.05, 3.63) is 71.8 Å². The molecule has 0 aliphatic heterocycles. The Morgan fingerprint density at radius 3 is 2.14 bits per heavy atom. The molecule has 1 N–H and O–H groups in total. The van der Waals surface area contributed by atoms with Crippen molar-refractivity contribution in [2.45, 2.75) is 25.0 Å². The Morgan fingerprint density at radius 1 is 0.952 bits per heavy atom. The van der Waals surface area contributed by atoms with Gasteiger partial charge in [0.05, 0.1) is 5.75 Å². The van der Waals surface area contributed by atoms with E-state index in [1.54, 1.807) is 0 Å². The highest BCUT2D eigenvalue weighted by molar-refractivity contribution is 7.88. The number of nitrogens with one attached hydrogen (secondary N) is 1. The van der Waals surface area contributed by atoms with E-state index in [2.05, 4.69) is 23.8 Å². The summed E-state index contributed by atoms with van der Waals surface area (Å²) < 4.78 is 26.7. The Labute approximate surface area is 127 Å². The van der Waals surface area contributed by atoms with Crippen LogP contribution in [0, 0.1) is 0 Å². The second-order valence-corrected chi connectivity index (χ2v) is 7.05. The molecule has 112 valence electrons. The predicted octanol–water partition coefficient (Wildman–Crippen LogP) is 3.30. The first kappa shape index (κ1) is 15.7. The topological polar surface area (TPSA) is 46.2 Å². The largest absolute Gasteiger partial charge is 0.215 e. The lowest BCUT2D eigenvalue weighted by molar-refractivity contribution is 0.572. The van der Waals surface area contributed by atoms with Crippen molar-refractivity contribution in [3.63, 3.8) is 0 Å². The highest BCUT2D eigenvalue weighted by Crippen LogP contribution is 2.17. The molecule has 2 rings (SSSR count). The van der Waals surface area contributed by atoms with Gasteiger partial charge in [-0.15, -0.1) is 0 Å². The first-order valence-corrected chi connectivity index (χ1v) is 8.78. The van der Waals surface area contributed by atoms with E-state index >= 15 is 0 Å². The summed E-state index contributed by atoms with van der Waals surface area (Å²) in [6.07, 6.45) is 0.790. The Hall–Kier alpha value is -1.65. The first-order chi connectivity index (χ1) is 10.1. The smallest absolute Gasteiger partial charge is 0.215 e. The average molecular weight is 303 g/mol. The van der Waals surface area contributed by atoms with Gasteiger partial charge in [-0.05, 0) is 23.5 Å². The maximum absolute atomic E-state index is 12.0. The summed E-state index contributed by atoms with van der Waals surface area (Å²) in [5, 5.41) is 0. The number of sulfonamides is 1. The van der Waals surface area contributed by atoms with E-state index in [4.69, 9.17) is 0 Å². The van der Waals surface area contributed by atoms with Crippen molar-refractivity contribution >= 4 is 10.0 Å². The van der Waals surface area contributed by atoms with Crippen molar-refractivity contribution in [1.29, 1.82) is 0 Å². The summed E-state index contributed by atoms with van der Waals surface area (Å²) in [4.78, 5) is 0. The second kappa shape index (κ2) is 7.38. The molecular weight excluding hydrogens is 282 g/mol. The Balaban J connectivity index is 1.82. The molecule has 0 saturated carbocycles. The van der Waals surface area contributed by atoms with Crippen LogP contribution in [-0.4, -0.2) is 15.0 Å². The van der Waals surface area contributed by atoms with Crippen LogP contribution in [0.5, 0.6) is 0 Å². The minimum atomic E-state index is -3.26. The van der Waals surface area contributed by atoms with Gasteiger partial charge >= 0.3 is 0 Å². The Kier molecular flexibility index (Phi) is 5.53. The van der Waals surface area contributed by atoms with Gasteiger partial charge in [-0.2, -0.15) is 0 Å². The van der Waals surface area contributed by atoms with E-state index < -0.39 is 10.0 Å². The van der Waals surface area contributed by atoms with E-state index in [-0.39, 0.29) is 5.75 Å². The van der Waals surface area contributed by atoms with Gasteiger partial charge in [0, 0.05) is 6.54 Å². The summed E-state index contributed by atoms with van der Waals surface area (Å²) in [6, 6.07) is 19.4. The average Bonchev–Trinajstić information content (AvgIpc) is 2.48. The summed E-state index contributed by atoms with van der Waals surface area (Å²) in [6.45, 7) is 2.58. The van der Waals surface area contributed by atoms with Gasteiger partial charge in [0.2, 0.25) is 10.0 Å². The highest BCUT2D eigenvalue weighted by atomic mass is 32.2. The fourth-order valence-electron chi connectivity index (χ4n) is 2.22. The molecule has 3 nitrogen and oxygen atoms in total. The third kappa shape index (κ3) is 5.33. The van der Waals surface area contributed by atoms with Gasteiger partial charge in [0.1, 0.15) is 0 Å². The lowest BCUT2D eigenvalue weighted by atomic mass is 9.98. The van der Waals surface area contributed by atoms with Crippen molar-refractivity contribution in [3.8, 4) is 0 Å².